The highest BCUT2D eigenvalue weighted by molar-refractivity contribution is 4.66. The molecule has 0 atom stereocenters. The molecule has 0 bridgehead atoms. The summed E-state index contributed by atoms with van der Waals surface area (Å²) in [6, 6.07) is 0. The Labute approximate surface area is 250 Å². The third-order valence-corrected chi connectivity index (χ3v) is 9.34. The van der Waals surface area contributed by atoms with Gasteiger partial charge in [-0.15, -0.1) is 0 Å². The zero-order chi connectivity index (χ0) is 28.5. The lowest BCUT2D eigenvalue weighted by atomic mass is 9.93. The summed E-state index contributed by atoms with van der Waals surface area (Å²) in [5.74, 6) is 0.944. The molecule has 0 aromatic rings. The summed E-state index contributed by atoms with van der Waals surface area (Å²) in [5, 5.41) is 0. The van der Waals surface area contributed by atoms with Gasteiger partial charge in [0, 0.05) is 6.54 Å². The molecule has 0 aromatic heterocycles. The fourth-order valence-electron chi connectivity index (χ4n) is 6.43. The smallest absolute Gasteiger partial charge is 0.000942 e. The van der Waals surface area contributed by atoms with Gasteiger partial charge in [-0.25, -0.2) is 0 Å². The van der Waals surface area contributed by atoms with Crippen molar-refractivity contribution in [3.8, 4) is 0 Å². The zero-order valence-electron chi connectivity index (χ0n) is 28.4. The second kappa shape index (κ2) is 34.2. The summed E-state index contributed by atoms with van der Waals surface area (Å²) in [6.07, 6.45) is 44.1. The monoisotopic (exact) mass is 550 g/mol. The van der Waals surface area contributed by atoms with Crippen molar-refractivity contribution >= 4 is 0 Å². The van der Waals surface area contributed by atoms with E-state index in [2.05, 4.69) is 32.6 Å². The van der Waals surface area contributed by atoms with Crippen LogP contribution in [0.15, 0.2) is 0 Å². The number of rotatable bonds is 34. The quantitative estimate of drug-likeness (QED) is 0.0721. The van der Waals surface area contributed by atoms with Crippen LogP contribution in [0.25, 0.3) is 0 Å². The fourth-order valence-corrected chi connectivity index (χ4v) is 6.43. The highest BCUT2D eigenvalue weighted by Gasteiger charge is 2.12. The van der Waals surface area contributed by atoms with Crippen molar-refractivity contribution in [2.45, 2.75) is 220 Å². The maximum atomic E-state index is 2.68. The SMILES string of the molecule is CCCCCCCCCCCCCCCCC(CCCCCCCCCCCCCCCC)CN(CC)CC. The summed E-state index contributed by atoms with van der Waals surface area (Å²) < 4.78 is 0. The Bertz CT molecular complexity index is 383. The van der Waals surface area contributed by atoms with Crippen molar-refractivity contribution in [1.29, 1.82) is 0 Å². The second-order valence-corrected chi connectivity index (χ2v) is 13.1. The lowest BCUT2D eigenvalue weighted by Crippen LogP contribution is -2.29. The van der Waals surface area contributed by atoms with Crippen LogP contribution in [-0.2, 0) is 0 Å². The van der Waals surface area contributed by atoms with Gasteiger partial charge >= 0.3 is 0 Å². The van der Waals surface area contributed by atoms with Gasteiger partial charge in [-0.1, -0.05) is 207 Å². The maximum Gasteiger partial charge on any atom is 0.000942 e. The first-order valence-electron chi connectivity index (χ1n) is 19.0. The summed E-state index contributed by atoms with van der Waals surface area (Å²) in [6.45, 7) is 13.1. The first-order valence-corrected chi connectivity index (χ1v) is 19.0. The van der Waals surface area contributed by atoms with Gasteiger partial charge in [-0.2, -0.15) is 0 Å². The molecule has 0 saturated carbocycles. The minimum absolute atomic E-state index is 0.944. The van der Waals surface area contributed by atoms with Crippen molar-refractivity contribution in [3.63, 3.8) is 0 Å². The van der Waals surface area contributed by atoms with Crippen LogP contribution in [0.5, 0.6) is 0 Å². The first kappa shape index (κ1) is 39.0. The molecule has 0 aliphatic heterocycles. The summed E-state index contributed by atoms with van der Waals surface area (Å²) >= 11 is 0. The van der Waals surface area contributed by atoms with Crippen LogP contribution in [-0.4, -0.2) is 24.5 Å². The molecule has 1 heteroatoms. The topological polar surface area (TPSA) is 3.24 Å². The van der Waals surface area contributed by atoms with Gasteiger partial charge in [-0.05, 0) is 31.8 Å². The van der Waals surface area contributed by atoms with Crippen molar-refractivity contribution in [2.75, 3.05) is 19.6 Å². The lowest BCUT2D eigenvalue weighted by Gasteiger charge is -2.25. The van der Waals surface area contributed by atoms with E-state index >= 15 is 0 Å². The maximum absolute atomic E-state index is 2.68. The Hall–Kier alpha value is -0.0400. The van der Waals surface area contributed by atoms with Crippen molar-refractivity contribution in [3.05, 3.63) is 0 Å². The van der Waals surface area contributed by atoms with Gasteiger partial charge in [0.25, 0.3) is 0 Å². The number of hydrogen-bond acceptors (Lipinski definition) is 1. The van der Waals surface area contributed by atoms with E-state index in [1.54, 1.807) is 0 Å². The van der Waals surface area contributed by atoms with E-state index in [9.17, 15) is 0 Å². The van der Waals surface area contributed by atoms with Crippen LogP contribution >= 0.6 is 0 Å². The Morgan fingerprint density at radius 3 is 0.769 bits per heavy atom. The minimum Gasteiger partial charge on any atom is -0.304 e. The predicted octanol–water partition coefficient (Wildman–Crippen LogP) is 13.7. The van der Waals surface area contributed by atoms with Crippen LogP contribution < -0.4 is 0 Å². The first-order chi connectivity index (χ1) is 19.3. The highest BCUT2D eigenvalue weighted by atomic mass is 15.1. The van der Waals surface area contributed by atoms with E-state index in [0.29, 0.717) is 0 Å². The van der Waals surface area contributed by atoms with Gasteiger partial charge in [0.2, 0.25) is 0 Å². The minimum atomic E-state index is 0.944. The molecular weight excluding hydrogens is 470 g/mol. The molecule has 0 saturated heterocycles. The molecule has 0 unspecified atom stereocenters. The normalized spacial score (nSPS) is 11.8. The molecule has 0 N–H and O–H groups in total. The van der Waals surface area contributed by atoms with E-state index in [1.807, 2.05) is 0 Å². The summed E-state index contributed by atoms with van der Waals surface area (Å²) in [4.78, 5) is 2.68. The Morgan fingerprint density at radius 2 is 0.538 bits per heavy atom. The highest BCUT2D eigenvalue weighted by Crippen LogP contribution is 2.21. The Kier molecular flexibility index (Phi) is 34.1. The fraction of sp³-hybridized carbons (Fsp3) is 1.00. The van der Waals surface area contributed by atoms with Crippen molar-refractivity contribution in [1.82, 2.24) is 4.90 Å². The molecule has 0 amide bonds. The third-order valence-electron chi connectivity index (χ3n) is 9.34. The predicted molar refractivity (Wildman–Crippen MR) is 181 cm³/mol. The van der Waals surface area contributed by atoms with Crippen molar-refractivity contribution in [2.24, 2.45) is 5.92 Å². The molecule has 0 fully saturated rings. The molecule has 0 radical (unpaired) electrons. The zero-order valence-corrected chi connectivity index (χ0v) is 28.4. The lowest BCUT2D eigenvalue weighted by molar-refractivity contribution is 0.230. The van der Waals surface area contributed by atoms with E-state index in [0.717, 1.165) is 5.92 Å². The molecular formula is C38H79N. The molecule has 0 aliphatic rings. The van der Waals surface area contributed by atoms with Gasteiger partial charge < -0.3 is 4.90 Å². The molecule has 0 aliphatic carbocycles. The standard InChI is InChI=1S/C38H79N/c1-5-9-11-13-15-17-19-21-23-25-27-29-31-33-35-38(37-39(7-3)8-4)36-34-32-30-28-26-24-22-20-18-16-14-12-10-6-2/h38H,5-37H2,1-4H3. The van der Waals surface area contributed by atoms with E-state index in [1.165, 1.54) is 212 Å². The molecule has 0 aromatic carbocycles. The molecule has 39 heavy (non-hydrogen) atoms. The molecule has 0 rings (SSSR count). The summed E-state index contributed by atoms with van der Waals surface area (Å²) in [5.41, 5.74) is 0. The van der Waals surface area contributed by atoms with Crippen molar-refractivity contribution < 1.29 is 0 Å². The van der Waals surface area contributed by atoms with Crippen LogP contribution in [0.2, 0.25) is 0 Å². The van der Waals surface area contributed by atoms with Gasteiger partial charge in [0.1, 0.15) is 0 Å². The van der Waals surface area contributed by atoms with Gasteiger partial charge in [0.15, 0.2) is 0 Å². The molecule has 0 spiro atoms. The van der Waals surface area contributed by atoms with Crippen LogP contribution in [0.1, 0.15) is 220 Å². The average Bonchev–Trinajstić information content (AvgIpc) is 2.95. The Morgan fingerprint density at radius 1 is 0.308 bits per heavy atom. The number of hydrogen-bond donors (Lipinski definition) is 0. The van der Waals surface area contributed by atoms with E-state index < -0.39 is 0 Å². The van der Waals surface area contributed by atoms with Gasteiger partial charge in [0.05, 0.1) is 0 Å². The average molecular weight is 550 g/mol. The second-order valence-electron chi connectivity index (χ2n) is 13.1. The summed E-state index contributed by atoms with van der Waals surface area (Å²) in [7, 11) is 0. The van der Waals surface area contributed by atoms with Crippen LogP contribution in [0.3, 0.4) is 0 Å². The largest absolute Gasteiger partial charge is 0.304 e. The number of unbranched alkanes of at least 4 members (excludes halogenated alkanes) is 26. The van der Waals surface area contributed by atoms with Gasteiger partial charge in [-0.3, -0.25) is 0 Å². The Balaban J connectivity index is 3.69. The van der Waals surface area contributed by atoms with E-state index in [-0.39, 0.29) is 0 Å². The molecule has 236 valence electrons. The van der Waals surface area contributed by atoms with E-state index in [4.69, 9.17) is 0 Å². The number of nitrogens with zero attached hydrogens (tertiary/aromatic N) is 1. The van der Waals surface area contributed by atoms with Crippen LogP contribution in [0, 0.1) is 5.92 Å². The third kappa shape index (κ3) is 30.7. The molecule has 1 nitrogen and oxygen atoms in total. The molecule has 0 heterocycles. The van der Waals surface area contributed by atoms with Crippen LogP contribution in [0.4, 0.5) is 0 Å².